The number of nitriles is 1. The molecule has 0 bridgehead atoms. The van der Waals surface area contributed by atoms with Gasteiger partial charge in [0.05, 0.1) is 12.0 Å². The highest BCUT2D eigenvalue weighted by Gasteiger charge is 2.19. The van der Waals surface area contributed by atoms with Gasteiger partial charge in [0.25, 0.3) is 0 Å². The fourth-order valence-electron chi connectivity index (χ4n) is 1.55. The van der Waals surface area contributed by atoms with Gasteiger partial charge in [0, 0.05) is 10.6 Å². The van der Waals surface area contributed by atoms with E-state index in [4.69, 9.17) is 16.9 Å². The molecule has 80 valence electrons. The molecule has 0 radical (unpaired) electrons. The van der Waals surface area contributed by atoms with Gasteiger partial charge >= 0.3 is 0 Å². The molecule has 1 atom stereocenters. The first-order valence-electron chi connectivity index (χ1n) is 4.89. The highest BCUT2D eigenvalue weighted by molar-refractivity contribution is 6.31. The highest BCUT2D eigenvalue weighted by atomic mass is 35.5. The van der Waals surface area contributed by atoms with Crippen LogP contribution in [0.15, 0.2) is 18.2 Å². The van der Waals surface area contributed by atoms with E-state index in [2.05, 4.69) is 6.07 Å². The van der Waals surface area contributed by atoms with Gasteiger partial charge in [0.1, 0.15) is 5.82 Å². The Morgan fingerprint density at radius 3 is 2.60 bits per heavy atom. The van der Waals surface area contributed by atoms with Crippen LogP contribution in [0.5, 0.6) is 0 Å². The minimum absolute atomic E-state index is 0.329. The largest absolute Gasteiger partial charge is 0.207 e. The molecule has 0 aliphatic heterocycles. The summed E-state index contributed by atoms with van der Waals surface area (Å²) in [6, 6.07) is 6.61. The van der Waals surface area contributed by atoms with Crippen molar-refractivity contribution in [3.8, 4) is 6.07 Å². The standard InChI is InChI=1S/C12H13ClFN/c1-8(2)6-9(7-15)12-10(13)4-3-5-11(12)14/h3-5,8-9H,6H2,1-2H3. The third-order valence-corrected chi connectivity index (χ3v) is 2.54. The van der Waals surface area contributed by atoms with Gasteiger partial charge in [-0.15, -0.1) is 0 Å². The Hall–Kier alpha value is -1.07. The lowest BCUT2D eigenvalue weighted by atomic mass is 9.91. The summed E-state index contributed by atoms with van der Waals surface area (Å²) in [5, 5.41) is 9.34. The zero-order chi connectivity index (χ0) is 11.4. The predicted octanol–water partition coefficient (Wildman–Crippen LogP) is 4.13. The minimum Gasteiger partial charge on any atom is -0.207 e. The maximum absolute atomic E-state index is 13.5. The Labute approximate surface area is 94.5 Å². The van der Waals surface area contributed by atoms with Crippen molar-refractivity contribution >= 4 is 11.6 Å². The Morgan fingerprint density at radius 1 is 1.47 bits per heavy atom. The van der Waals surface area contributed by atoms with E-state index in [1.165, 1.54) is 6.07 Å². The van der Waals surface area contributed by atoms with Gasteiger partial charge in [-0.05, 0) is 24.5 Å². The van der Waals surface area contributed by atoms with E-state index in [1.807, 2.05) is 13.8 Å². The summed E-state index contributed by atoms with van der Waals surface area (Å²) in [5.41, 5.74) is 0.329. The molecule has 1 unspecified atom stereocenters. The van der Waals surface area contributed by atoms with Gasteiger partial charge in [-0.1, -0.05) is 31.5 Å². The molecule has 0 aliphatic rings. The molecule has 0 amide bonds. The molecule has 0 aromatic heterocycles. The normalized spacial score (nSPS) is 12.5. The summed E-state index contributed by atoms with van der Waals surface area (Å²) in [4.78, 5) is 0. The second-order valence-corrected chi connectivity index (χ2v) is 4.35. The third kappa shape index (κ3) is 2.94. The molecule has 1 aromatic carbocycles. The van der Waals surface area contributed by atoms with Crippen molar-refractivity contribution < 1.29 is 4.39 Å². The maximum Gasteiger partial charge on any atom is 0.129 e. The minimum atomic E-state index is -0.460. The zero-order valence-corrected chi connectivity index (χ0v) is 9.55. The quantitative estimate of drug-likeness (QED) is 0.759. The number of rotatable bonds is 3. The number of nitrogens with zero attached hydrogens (tertiary/aromatic N) is 1. The number of halogens is 2. The SMILES string of the molecule is CC(C)CC(C#N)c1c(F)cccc1Cl. The van der Waals surface area contributed by atoms with Gasteiger partial charge in [-0.25, -0.2) is 4.39 Å². The molecule has 15 heavy (non-hydrogen) atoms. The van der Waals surface area contributed by atoms with Crippen LogP contribution < -0.4 is 0 Å². The van der Waals surface area contributed by atoms with Crippen molar-refractivity contribution in [2.45, 2.75) is 26.2 Å². The van der Waals surface area contributed by atoms with Crippen molar-refractivity contribution in [3.05, 3.63) is 34.6 Å². The van der Waals surface area contributed by atoms with Crippen LogP contribution >= 0.6 is 11.6 Å². The fraction of sp³-hybridized carbons (Fsp3) is 0.417. The van der Waals surface area contributed by atoms with Gasteiger partial charge < -0.3 is 0 Å². The molecule has 0 N–H and O–H groups in total. The van der Waals surface area contributed by atoms with Crippen LogP contribution in [0, 0.1) is 23.1 Å². The van der Waals surface area contributed by atoms with Gasteiger partial charge in [0.15, 0.2) is 0 Å². The van der Waals surface area contributed by atoms with Crippen LogP contribution in [0.25, 0.3) is 0 Å². The van der Waals surface area contributed by atoms with Crippen LogP contribution in [0.3, 0.4) is 0 Å². The second kappa shape index (κ2) is 5.14. The van der Waals surface area contributed by atoms with Crippen LogP contribution in [0.2, 0.25) is 5.02 Å². The van der Waals surface area contributed by atoms with Crippen molar-refractivity contribution in [2.24, 2.45) is 5.92 Å². The first-order valence-corrected chi connectivity index (χ1v) is 5.27. The van der Waals surface area contributed by atoms with E-state index in [1.54, 1.807) is 12.1 Å². The molecule has 1 nitrogen and oxygen atoms in total. The summed E-state index contributed by atoms with van der Waals surface area (Å²) >= 11 is 5.90. The van der Waals surface area contributed by atoms with Crippen LogP contribution in [0.1, 0.15) is 31.7 Å². The Kier molecular flexibility index (Phi) is 4.11. The molecular weight excluding hydrogens is 213 g/mol. The Balaban J connectivity index is 3.08. The van der Waals surface area contributed by atoms with Crippen LogP contribution in [-0.2, 0) is 0 Å². The molecule has 1 rings (SSSR count). The van der Waals surface area contributed by atoms with Crippen LogP contribution in [-0.4, -0.2) is 0 Å². The number of benzene rings is 1. The summed E-state index contributed by atoms with van der Waals surface area (Å²) in [5.74, 6) is -0.515. The van der Waals surface area contributed by atoms with E-state index in [9.17, 15) is 4.39 Å². The number of hydrogen-bond acceptors (Lipinski definition) is 1. The molecule has 3 heteroatoms. The smallest absolute Gasteiger partial charge is 0.129 e. The third-order valence-electron chi connectivity index (χ3n) is 2.21. The van der Waals surface area contributed by atoms with Crippen molar-refractivity contribution in [3.63, 3.8) is 0 Å². The van der Waals surface area contributed by atoms with Crippen molar-refractivity contribution in [1.29, 1.82) is 5.26 Å². The van der Waals surface area contributed by atoms with E-state index < -0.39 is 11.7 Å². The van der Waals surface area contributed by atoms with Gasteiger partial charge in [-0.2, -0.15) is 5.26 Å². The molecule has 0 saturated heterocycles. The lowest BCUT2D eigenvalue weighted by Gasteiger charge is -2.14. The zero-order valence-electron chi connectivity index (χ0n) is 8.80. The van der Waals surface area contributed by atoms with Crippen molar-refractivity contribution in [1.82, 2.24) is 0 Å². The van der Waals surface area contributed by atoms with Crippen LogP contribution in [0.4, 0.5) is 4.39 Å². The van der Waals surface area contributed by atoms with E-state index in [0.29, 0.717) is 22.9 Å². The maximum atomic E-state index is 13.5. The van der Waals surface area contributed by atoms with E-state index >= 15 is 0 Å². The number of hydrogen-bond donors (Lipinski definition) is 0. The fourth-order valence-corrected chi connectivity index (χ4v) is 1.84. The second-order valence-electron chi connectivity index (χ2n) is 3.95. The first-order chi connectivity index (χ1) is 7.06. The summed E-state index contributed by atoms with van der Waals surface area (Å²) in [6.07, 6.45) is 0.622. The summed E-state index contributed by atoms with van der Waals surface area (Å²) in [7, 11) is 0. The Morgan fingerprint density at radius 2 is 2.13 bits per heavy atom. The molecular formula is C12H13ClFN. The predicted molar refractivity (Wildman–Crippen MR) is 59.2 cm³/mol. The lowest BCUT2D eigenvalue weighted by molar-refractivity contribution is 0.530. The monoisotopic (exact) mass is 225 g/mol. The molecule has 0 saturated carbocycles. The van der Waals surface area contributed by atoms with E-state index in [0.717, 1.165) is 0 Å². The molecule has 1 aromatic rings. The lowest BCUT2D eigenvalue weighted by Crippen LogP contribution is -2.04. The summed E-state index contributed by atoms with van der Waals surface area (Å²) < 4.78 is 13.5. The molecule has 0 heterocycles. The van der Waals surface area contributed by atoms with Crippen molar-refractivity contribution in [2.75, 3.05) is 0 Å². The molecule has 0 fully saturated rings. The average Bonchev–Trinajstić information content (AvgIpc) is 2.15. The van der Waals surface area contributed by atoms with Gasteiger partial charge in [0.2, 0.25) is 0 Å². The van der Waals surface area contributed by atoms with E-state index in [-0.39, 0.29) is 0 Å². The average molecular weight is 226 g/mol. The molecule has 0 aliphatic carbocycles. The first kappa shape index (κ1) is 12.0. The molecule has 0 spiro atoms. The Bertz CT molecular complexity index is 361. The highest BCUT2D eigenvalue weighted by Crippen LogP contribution is 2.31. The summed E-state index contributed by atoms with van der Waals surface area (Å²) in [6.45, 7) is 4.00. The topological polar surface area (TPSA) is 23.8 Å². The van der Waals surface area contributed by atoms with Gasteiger partial charge in [-0.3, -0.25) is 0 Å².